The molecule has 0 bridgehead atoms. The summed E-state index contributed by atoms with van der Waals surface area (Å²) in [5, 5.41) is 2.97. The van der Waals surface area contributed by atoms with Crippen LogP contribution in [0.2, 0.25) is 0 Å². The maximum absolute atomic E-state index is 13.0. The van der Waals surface area contributed by atoms with Crippen molar-refractivity contribution < 1.29 is 9.53 Å². The largest absolute Gasteiger partial charge is 0.460 e. The van der Waals surface area contributed by atoms with Gasteiger partial charge in [0.25, 0.3) is 5.91 Å². The van der Waals surface area contributed by atoms with Crippen molar-refractivity contribution in [2.75, 3.05) is 29.0 Å². The Morgan fingerprint density at radius 2 is 1.57 bits per heavy atom. The summed E-state index contributed by atoms with van der Waals surface area (Å²) in [5.41, 5.74) is 10.8. The molecule has 5 rings (SSSR count). The van der Waals surface area contributed by atoms with Gasteiger partial charge >= 0.3 is 6.01 Å². The van der Waals surface area contributed by atoms with Gasteiger partial charge in [-0.05, 0) is 80.8 Å². The van der Waals surface area contributed by atoms with Crippen LogP contribution in [0, 0.1) is 0 Å². The molecular weight excluding hydrogens is 438 g/mol. The molecule has 2 aromatic carbocycles. The molecule has 7 heteroatoms. The van der Waals surface area contributed by atoms with Crippen LogP contribution >= 0.6 is 0 Å². The van der Waals surface area contributed by atoms with Gasteiger partial charge in [-0.1, -0.05) is 18.6 Å². The van der Waals surface area contributed by atoms with Crippen molar-refractivity contribution in [2.45, 2.75) is 57.5 Å². The summed E-state index contributed by atoms with van der Waals surface area (Å²) in [5.74, 6) is -0.207. The highest BCUT2D eigenvalue weighted by atomic mass is 16.5. The molecule has 0 spiro atoms. The van der Waals surface area contributed by atoms with Crippen LogP contribution in [0.3, 0.4) is 0 Å². The Labute approximate surface area is 206 Å². The highest BCUT2D eigenvalue weighted by Gasteiger charge is 2.17. The smallest absolute Gasteiger partial charge is 0.316 e. The lowest BCUT2D eigenvalue weighted by atomic mass is 9.98. The molecule has 7 nitrogen and oxygen atoms in total. The van der Waals surface area contributed by atoms with Crippen molar-refractivity contribution in [3.05, 3.63) is 60.4 Å². The van der Waals surface area contributed by atoms with Gasteiger partial charge in [-0.15, -0.1) is 0 Å². The number of amides is 1. The number of hydrogen-bond acceptors (Lipinski definition) is 6. The molecule has 2 aliphatic rings. The Morgan fingerprint density at radius 3 is 2.29 bits per heavy atom. The number of ether oxygens (including phenoxy) is 1. The molecule has 3 aromatic rings. The average molecular weight is 472 g/mol. The lowest BCUT2D eigenvalue weighted by Crippen LogP contribution is -2.29. The number of benzene rings is 2. The monoisotopic (exact) mass is 471 g/mol. The van der Waals surface area contributed by atoms with Gasteiger partial charge < -0.3 is 20.7 Å². The summed E-state index contributed by atoms with van der Waals surface area (Å²) in [6.07, 6.45) is 13.3. The van der Waals surface area contributed by atoms with Crippen molar-refractivity contribution >= 4 is 23.0 Å². The van der Waals surface area contributed by atoms with Gasteiger partial charge in [-0.3, -0.25) is 4.79 Å². The van der Waals surface area contributed by atoms with E-state index in [1.54, 1.807) is 12.4 Å². The lowest BCUT2D eigenvalue weighted by molar-refractivity contribution is 0.102. The van der Waals surface area contributed by atoms with Crippen LogP contribution in [0.15, 0.2) is 54.9 Å². The number of carbonyl (C=O) groups excluding carboxylic acids is 1. The summed E-state index contributed by atoms with van der Waals surface area (Å²) < 4.78 is 5.92. The van der Waals surface area contributed by atoms with Gasteiger partial charge in [0.15, 0.2) is 0 Å². The van der Waals surface area contributed by atoms with E-state index < -0.39 is 0 Å². The zero-order valence-electron chi connectivity index (χ0n) is 20.1. The number of rotatable bonds is 6. The van der Waals surface area contributed by atoms with E-state index in [4.69, 9.17) is 10.5 Å². The summed E-state index contributed by atoms with van der Waals surface area (Å²) in [6, 6.07) is 13.8. The average Bonchev–Trinajstić information content (AvgIpc) is 2.91. The van der Waals surface area contributed by atoms with Crippen LogP contribution in [0.25, 0.3) is 11.1 Å². The first-order valence-corrected chi connectivity index (χ1v) is 12.7. The van der Waals surface area contributed by atoms with Crippen molar-refractivity contribution in [2.24, 2.45) is 0 Å². The Kier molecular flexibility index (Phi) is 7.12. The second-order valence-electron chi connectivity index (χ2n) is 9.48. The number of anilines is 3. The maximum atomic E-state index is 13.0. The van der Waals surface area contributed by atoms with Crippen molar-refractivity contribution in [3.63, 3.8) is 0 Å². The van der Waals surface area contributed by atoms with Gasteiger partial charge in [0.05, 0.1) is 5.56 Å². The van der Waals surface area contributed by atoms with E-state index in [1.165, 1.54) is 38.5 Å². The van der Waals surface area contributed by atoms with Gasteiger partial charge in [0, 0.05) is 48.1 Å². The topological polar surface area (TPSA) is 93.4 Å². The molecule has 0 radical (unpaired) electrons. The molecule has 1 saturated carbocycles. The van der Waals surface area contributed by atoms with Gasteiger partial charge in [-0.25, -0.2) is 9.97 Å². The van der Waals surface area contributed by atoms with Gasteiger partial charge in [-0.2, -0.15) is 0 Å². The van der Waals surface area contributed by atoms with E-state index in [-0.39, 0.29) is 12.0 Å². The third-order valence-corrected chi connectivity index (χ3v) is 6.93. The van der Waals surface area contributed by atoms with E-state index >= 15 is 0 Å². The standard InChI is InChI=1S/C28H33N5O2/c29-26-14-13-23(33-15-5-2-6-16-33)17-25(26)27(34)32-22-11-9-20(10-12-22)21-18-30-28(31-19-21)35-24-7-3-1-4-8-24/h9-14,17-19,24H,1-8,15-16,29H2,(H,32,34). The van der Waals surface area contributed by atoms with Crippen LogP contribution < -0.4 is 20.7 Å². The van der Waals surface area contributed by atoms with Crippen molar-refractivity contribution in [1.82, 2.24) is 9.97 Å². The fourth-order valence-corrected chi connectivity index (χ4v) is 4.89. The first-order valence-electron chi connectivity index (χ1n) is 12.7. The van der Waals surface area contributed by atoms with E-state index in [9.17, 15) is 4.79 Å². The van der Waals surface area contributed by atoms with Crippen molar-refractivity contribution in [3.8, 4) is 17.1 Å². The van der Waals surface area contributed by atoms with Crippen LogP contribution in [-0.2, 0) is 0 Å². The van der Waals surface area contributed by atoms with Crippen LogP contribution in [0.5, 0.6) is 6.01 Å². The summed E-state index contributed by atoms with van der Waals surface area (Å²) >= 11 is 0. The molecule has 2 fully saturated rings. The predicted octanol–water partition coefficient (Wildman–Crippen LogP) is 5.68. The normalized spacial score (nSPS) is 16.6. The summed E-state index contributed by atoms with van der Waals surface area (Å²) in [6.45, 7) is 2.04. The number of nitrogen functional groups attached to an aromatic ring is 1. The lowest BCUT2D eigenvalue weighted by Gasteiger charge is -2.29. The number of hydrogen-bond donors (Lipinski definition) is 2. The molecule has 35 heavy (non-hydrogen) atoms. The van der Waals surface area contributed by atoms with E-state index in [0.717, 1.165) is 42.7 Å². The zero-order valence-corrected chi connectivity index (χ0v) is 20.1. The second-order valence-corrected chi connectivity index (χ2v) is 9.48. The minimum absolute atomic E-state index is 0.207. The molecular formula is C28H33N5O2. The quantitative estimate of drug-likeness (QED) is 0.449. The zero-order chi connectivity index (χ0) is 24.0. The Balaban J connectivity index is 1.22. The number of aromatic nitrogens is 2. The van der Waals surface area contributed by atoms with E-state index in [1.807, 2.05) is 42.5 Å². The van der Waals surface area contributed by atoms with Gasteiger partial charge in [0.2, 0.25) is 0 Å². The first-order chi connectivity index (χ1) is 17.2. The Morgan fingerprint density at radius 1 is 0.886 bits per heavy atom. The molecule has 182 valence electrons. The molecule has 0 unspecified atom stereocenters. The molecule has 0 atom stereocenters. The van der Waals surface area contributed by atoms with Crippen LogP contribution in [0.4, 0.5) is 17.1 Å². The molecule has 1 saturated heterocycles. The SMILES string of the molecule is Nc1ccc(N2CCCCC2)cc1C(=O)Nc1ccc(-c2cnc(OC3CCCCC3)nc2)cc1. The highest BCUT2D eigenvalue weighted by Crippen LogP contribution is 2.27. The third-order valence-electron chi connectivity index (χ3n) is 6.93. The minimum atomic E-state index is -0.207. The summed E-state index contributed by atoms with van der Waals surface area (Å²) in [7, 11) is 0. The fraction of sp³-hybridized carbons (Fsp3) is 0.393. The molecule has 1 aliphatic heterocycles. The molecule has 1 amide bonds. The van der Waals surface area contributed by atoms with Crippen LogP contribution in [-0.4, -0.2) is 35.1 Å². The number of nitrogens with zero attached hydrogens (tertiary/aromatic N) is 3. The minimum Gasteiger partial charge on any atom is -0.460 e. The molecule has 1 aliphatic carbocycles. The first kappa shape index (κ1) is 23.1. The highest BCUT2D eigenvalue weighted by molar-refractivity contribution is 6.08. The van der Waals surface area contributed by atoms with Crippen LogP contribution in [0.1, 0.15) is 61.7 Å². The second kappa shape index (κ2) is 10.8. The number of nitrogens with two attached hydrogens (primary N) is 1. The fourth-order valence-electron chi connectivity index (χ4n) is 4.89. The van der Waals surface area contributed by atoms with Crippen molar-refractivity contribution in [1.29, 1.82) is 0 Å². The molecule has 1 aromatic heterocycles. The Hall–Kier alpha value is -3.61. The number of nitrogens with one attached hydrogen (secondary N) is 1. The van der Waals surface area contributed by atoms with Gasteiger partial charge in [0.1, 0.15) is 6.10 Å². The molecule has 2 heterocycles. The number of carbonyl (C=O) groups is 1. The maximum Gasteiger partial charge on any atom is 0.316 e. The Bertz CT molecular complexity index is 1140. The summed E-state index contributed by atoms with van der Waals surface area (Å²) in [4.78, 5) is 24.1. The molecule has 3 N–H and O–H groups in total. The van der Waals surface area contributed by atoms with E-state index in [2.05, 4.69) is 20.2 Å². The van der Waals surface area contributed by atoms with E-state index in [0.29, 0.717) is 22.9 Å². The third kappa shape index (κ3) is 5.73. The number of piperidine rings is 1. The predicted molar refractivity (Wildman–Crippen MR) is 140 cm³/mol.